The summed E-state index contributed by atoms with van der Waals surface area (Å²) >= 11 is 0. The van der Waals surface area contributed by atoms with Crippen molar-refractivity contribution in [1.82, 2.24) is 10.3 Å². The van der Waals surface area contributed by atoms with Gasteiger partial charge in [-0.2, -0.15) is 0 Å². The van der Waals surface area contributed by atoms with Crippen molar-refractivity contribution in [3.8, 4) is 0 Å². The number of carbonyl (C=O) groups is 1. The van der Waals surface area contributed by atoms with Gasteiger partial charge < -0.3 is 10.6 Å². The molecule has 2 rings (SSSR count). The lowest BCUT2D eigenvalue weighted by Gasteiger charge is -2.17. The fraction of sp³-hybridized carbons (Fsp3) is 0.136. The van der Waals surface area contributed by atoms with E-state index in [0.29, 0.717) is 5.56 Å². The molecule has 0 radical (unpaired) electrons. The largest absolute Gasteiger partial charge is 0.364 e. The Bertz CT molecular complexity index is 854. The SMILES string of the molecule is C=C/C=C/C=N\C(=C/C)N[C@@H](C)c1cccc(NC(=O)c2cccnc2)c1. The van der Waals surface area contributed by atoms with E-state index in [1.165, 1.54) is 0 Å². The summed E-state index contributed by atoms with van der Waals surface area (Å²) < 4.78 is 0. The highest BCUT2D eigenvalue weighted by atomic mass is 16.1. The van der Waals surface area contributed by atoms with Crippen molar-refractivity contribution in [2.45, 2.75) is 19.9 Å². The van der Waals surface area contributed by atoms with Gasteiger partial charge in [-0.15, -0.1) is 0 Å². The second kappa shape index (κ2) is 10.5. The van der Waals surface area contributed by atoms with Crippen molar-refractivity contribution in [1.29, 1.82) is 0 Å². The molecule has 0 unspecified atom stereocenters. The Kier molecular flexibility index (Phi) is 7.72. The van der Waals surface area contributed by atoms with E-state index in [-0.39, 0.29) is 11.9 Å². The maximum Gasteiger partial charge on any atom is 0.257 e. The zero-order chi connectivity index (χ0) is 19.5. The molecule has 0 fully saturated rings. The summed E-state index contributed by atoms with van der Waals surface area (Å²) in [5, 5.41) is 6.25. The Hall–Kier alpha value is -3.47. The first kappa shape index (κ1) is 19.8. The van der Waals surface area contributed by atoms with Gasteiger partial charge >= 0.3 is 0 Å². The molecule has 0 aliphatic carbocycles. The number of pyridine rings is 1. The zero-order valence-electron chi connectivity index (χ0n) is 15.6. The predicted octanol–water partition coefficient (Wildman–Crippen LogP) is 4.66. The Morgan fingerprint density at radius 1 is 1.26 bits per heavy atom. The van der Waals surface area contributed by atoms with Crippen molar-refractivity contribution in [3.63, 3.8) is 0 Å². The summed E-state index contributed by atoms with van der Waals surface area (Å²) in [4.78, 5) is 20.6. The molecule has 0 saturated heterocycles. The number of nitrogens with zero attached hydrogens (tertiary/aromatic N) is 2. The number of rotatable bonds is 8. The molecule has 1 aromatic carbocycles. The average Bonchev–Trinajstić information content (AvgIpc) is 2.71. The maximum absolute atomic E-state index is 12.3. The predicted molar refractivity (Wildman–Crippen MR) is 112 cm³/mol. The molecule has 0 aliphatic rings. The Balaban J connectivity index is 2.05. The van der Waals surface area contributed by atoms with Crippen LogP contribution in [0.1, 0.15) is 35.8 Å². The average molecular weight is 360 g/mol. The van der Waals surface area contributed by atoms with Gasteiger partial charge in [0, 0.05) is 24.3 Å². The number of allylic oxidation sites excluding steroid dienone is 4. The zero-order valence-corrected chi connectivity index (χ0v) is 15.6. The summed E-state index contributed by atoms with van der Waals surface area (Å²) in [5.74, 6) is 0.578. The van der Waals surface area contributed by atoms with Crippen LogP contribution < -0.4 is 10.6 Å². The van der Waals surface area contributed by atoms with E-state index in [4.69, 9.17) is 0 Å². The molecule has 0 spiro atoms. The summed E-state index contributed by atoms with van der Waals surface area (Å²) in [6.07, 6.45) is 12.1. The van der Waals surface area contributed by atoms with Gasteiger partial charge in [-0.25, -0.2) is 4.99 Å². The summed E-state index contributed by atoms with van der Waals surface area (Å²) in [7, 11) is 0. The number of nitrogens with one attached hydrogen (secondary N) is 2. The molecule has 5 nitrogen and oxygen atoms in total. The Labute approximate surface area is 160 Å². The fourth-order valence-corrected chi connectivity index (χ4v) is 2.34. The third-order valence-electron chi connectivity index (χ3n) is 3.75. The summed E-state index contributed by atoms with van der Waals surface area (Å²) in [5.41, 5.74) is 2.29. The van der Waals surface area contributed by atoms with E-state index in [9.17, 15) is 4.79 Å². The van der Waals surface area contributed by atoms with E-state index >= 15 is 0 Å². The van der Waals surface area contributed by atoms with Crippen LogP contribution in [0.2, 0.25) is 0 Å². The quantitative estimate of drug-likeness (QED) is 0.531. The molecule has 27 heavy (non-hydrogen) atoms. The van der Waals surface area contributed by atoms with Gasteiger partial charge in [0.1, 0.15) is 5.82 Å². The molecule has 1 atom stereocenters. The molecule has 0 bridgehead atoms. The topological polar surface area (TPSA) is 66.4 Å². The molecule has 1 aromatic heterocycles. The van der Waals surface area contributed by atoms with Gasteiger partial charge in [0.05, 0.1) is 11.6 Å². The van der Waals surface area contributed by atoms with E-state index < -0.39 is 0 Å². The highest BCUT2D eigenvalue weighted by molar-refractivity contribution is 6.04. The van der Waals surface area contributed by atoms with E-state index in [2.05, 4.69) is 27.2 Å². The molecular formula is C22H24N4O. The number of anilines is 1. The third-order valence-corrected chi connectivity index (χ3v) is 3.75. The van der Waals surface area contributed by atoms with E-state index in [0.717, 1.165) is 17.1 Å². The Morgan fingerprint density at radius 2 is 2.11 bits per heavy atom. The number of carbonyl (C=O) groups excluding carboxylic acids is 1. The first-order valence-electron chi connectivity index (χ1n) is 8.70. The van der Waals surface area contributed by atoms with Crippen LogP contribution >= 0.6 is 0 Å². The lowest BCUT2D eigenvalue weighted by Crippen LogP contribution is -2.18. The fourth-order valence-electron chi connectivity index (χ4n) is 2.34. The van der Waals surface area contributed by atoms with Crippen LogP contribution in [0, 0.1) is 0 Å². The standard InChI is InChI=1S/C22H24N4O/c1-4-6-7-14-24-21(5-2)25-17(3)18-10-8-12-20(15-18)26-22(27)19-11-9-13-23-16-19/h4-17,25H,1H2,2-3H3,(H,26,27)/b7-6+,21-5+,24-14-/t17-/m0/s1. The number of benzene rings is 1. The van der Waals surface area contributed by atoms with Gasteiger partial charge in [0.2, 0.25) is 0 Å². The molecule has 2 N–H and O–H groups in total. The molecule has 5 heteroatoms. The summed E-state index contributed by atoms with van der Waals surface area (Å²) in [6.45, 7) is 7.59. The first-order chi connectivity index (χ1) is 13.1. The molecule has 138 valence electrons. The molecule has 2 aromatic rings. The first-order valence-corrected chi connectivity index (χ1v) is 8.70. The minimum Gasteiger partial charge on any atom is -0.364 e. The molecule has 1 amide bonds. The minimum atomic E-state index is -0.186. The van der Waals surface area contributed by atoms with E-state index in [1.54, 1.807) is 36.8 Å². The van der Waals surface area contributed by atoms with Gasteiger partial charge in [0.15, 0.2) is 0 Å². The number of amides is 1. The smallest absolute Gasteiger partial charge is 0.257 e. The highest BCUT2D eigenvalue weighted by Crippen LogP contribution is 2.19. The van der Waals surface area contributed by atoms with Crippen LogP contribution in [0.4, 0.5) is 5.69 Å². The van der Waals surface area contributed by atoms with Crippen molar-refractivity contribution in [2.24, 2.45) is 4.99 Å². The highest BCUT2D eigenvalue weighted by Gasteiger charge is 2.09. The van der Waals surface area contributed by atoms with Crippen molar-refractivity contribution in [3.05, 3.63) is 96.6 Å². The van der Waals surface area contributed by atoms with Crippen LogP contribution in [-0.2, 0) is 0 Å². The van der Waals surface area contributed by atoms with Crippen molar-refractivity contribution < 1.29 is 4.79 Å². The monoisotopic (exact) mass is 360 g/mol. The van der Waals surface area contributed by atoms with Gasteiger partial charge in [-0.05, 0) is 55.8 Å². The molecule has 0 aliphatic heterocycles. The van der Waals surface area contributed by atoms with Crippen LogP contribution in [0.15, 0.2) is 90.5 Å². The second-order valence-electron chi connectivity index (χ2n) is 5.76. The van der Waals surface area contributed by atoms with Crippen LogP contribution in [0.5, 0.6) is 0 Å². The number of hydrogen-bond donors (Lipinski definition) is 2. The van der Waals surface area contributed by atoms with Crippen LogP contribution in [-0.4, -0.2) is 17.1 Å². The van der Waals surface area contributed by atoms with Crippen molar-refractivity contribution in [2.75, 3.05) is 5.32 Å². The van der Waals surface area contributed by atoms with Gasteiger partial charge in [-0.1, -0.05) is 30.9 Å². The molecule has 0 saturated carbocycles. The number of aliphatic imine (C=N–C) groups is 1. The normalized spacial score (nSPS) is 12.9. The lowest BCUT2D eigenvalue weighted by molar-refractivity contribution is 0.102. The van der Waals surface area contributed by atoms with Gasteiger partial charge in [-0.3, -0.25) is 9.78 Å². The van der Waals surface area contributed by atoms with E-state index in [1.807, 2.05) is 56.3 Å². The minimum absolute atomic E-state index is 0.0203. The number of aromatic nitrogens is 1. The molecule has 1 heterocycles. The molecular weight excluding hydrogens is 336 g/mol. The van der Waals surface area contributed by atoms with Crippen molar-refractivity contribution >= 4 is 17.8 Å². The third kappa shape index (κ3) is 6.40. The van der Waals surface area contributed by atoms with Crippen LogP contribution in [0.3, 0.4) is 0 Å². The lowest BCUT2D eigenvalue weighted by atomic mass is 10.1. The second-order valence-corrected chi connectivity index (χ2v) is 5.76. The number of hydrogen-bond acceptors (Lipinski definition) is 4. The summed E-state index contributed by atoms with van der Waals surface area (Å²) in [6, 6.07) is 11.2. The Morgan fingerprint density at radius 3 is 2.81 bits per heavy atom. The maximum atomic E-state index is 12.3. The van der Waals surface area contributed by atoms with Crippen LogP contribution in [0.25, 0.3) is 0 Å². The van der Waals surface area contributed by atoms with Gasteiger partial charge in [0.25, 0.3) is 5.91 Å².